The van der Waals surface area contributed by atoms with Crippen molar-refractivity contribution >= 4 is 11.9 Å². The second kappa shape index (κ2) is 10.5. The molecule has 1 aliphatic rings. The molecule has 1 saturated carbocycles. The van der Waals surface area contributed by atoms with Gasteiger partial charge in [-0.2, -0.15) is 0 Å². The average Bonchev–Trinajstić information content (AvgIpc) is 2.47. The molecule has 1 rings (SSSR count). The molecule has 0 atom stereocenters. The van der Waals surface area contributed by atoms with E-state index in [4.69, 9.17) is 5.73 Å². The fourth-order valence-corrected chi connectivity index (χ4v) is 2.54. The molecule has 0 spiro atoms. The van der Waals surface area contributed by atoms with E-state index in [9.17, 15) is 4.79 Å². The van der Waals surface area contributed by atoms with Crippen molar-refractivity contribution in [3.63, 3.8) is 0 Å². The Bertz CT molecular complexity index is 299. The van der Waals surface area contributed by atoms with Crippen LogP contribution < -0.4 is 11.1 Å². The number of nitrogens with one attached hydrogen (secondary N) is 1. The number of unbranched alkanes of at least 4 members (excludes halogenated alkanes) is 3. The van der Waals surface area contributed by atoms with Crippen molar-refractivity contribution in [1.82, 2.24) is 5.32 Å². The van der Waals surface area contributed by atoms with Crippen LogP contribution in [-0.4, -0.2) is 31.6 Å². The molecular formula is C15H29N3O2. The number of ether oxygens (including phenoxy) is 1. The highest BCUT2D eigenvalue weighted by molar-refractivity contribution is 5.78. The monoisotopic (exact) mass is 283 g/mol. The second-order valence-electron chi connectivity index (χ2n) is 5.49. The molecule has 116 valence electrons. The van der Waals surface area contributed by atoms with Crippen molar-refractivity contribution in [1.29, 1.82) is 0 Å². The SMILES string of the molecule is COC(=O)CCCCCCN=C(N)NC1CCCCC1. The van der Waals surface area contributed by atoms with Crippen molar-refractivity contribution in [2.45, 2.75) is 70.3 Å². The van der Waals surface area contributed by atoms with E-state index in [-0.39, 0.29) is 5.97 Å². The molecule has 0 heterocycles. The second-order valence-corrected chi connectivity index (χ2v) is 5.49. The number of hydrogen-bond acceptors (Lipinski definition) is 3. The van der Waals surface area contributed by atoms with Crippen LogP contribution >= 0.6 is 0 Å². The molecule has 1 fully saturated rings. The van der Waals surface area contributed by atoms with E-state index < -0.39 is 0 Å². The fraction of sp³-hybridized carbons (Fsp3) is 0.867. The Labute approximate surface area is 122 Å². The summed E-state index contributed by atoms with van der Waals surface area (Å²) in [6, 6.07) is 0.521. The lowest BCUT2D eigenvalue weighted by Gasteiger charge is -2.23. The van der Waals surface area contributed by atoms with Crippen molar-refractivity contribution in [2.75, 3.05) is 13.7 Å². The molecular weight excluding hydrogens is 254 g/mol. The van der Waals surface area contributed by atoms with Gasteiger partial charge in [0.25, 0.3) is 0 Å². The van der Waals surface area contributed by atoms with Crippen LogP contribution in [0.4, 0.5) is 0 Å². The third-order valence-corrected chi connectivity index (χ3v) is 3.76. The number of hydrogen-bond donors (Lipinski definition) is 2. The number of nitrogens with zero attached hydrogens (tertiary/aromatic N) is 1. The molecule has 3 N–H and O–H groups in total. The third kappa shape index (κ3) is 8.02. The Morgan fingerprint density at radius 2 is 1.90 bits per heavy atom. The Morgan fingerprint density at radius 1 is 1.20 bits per heavy atom. The van der Waals surface area contributed by atoms with E-state index in [1.807, 2.05) is 0 Å². The highest BCUT2D eigenvalue weighted by Crippen LogP contribution is 2.17. The number of aliphatic imine (C=N–C) groups is 1. The minimum Gasteiger partial charge on any atom is -0.469 e. The molecule has 1 aliphatic carbocycles. The van der Waals surface area contributed by atoms with Crippen molar-refractivity contribution in [3.8, 4) is 0 Å². The van der Waals surface area contributed by atoms with Crippen LogP contribution in [0, 0.1) is 0 Å². The van der Waals surface area contributed by atoms with Crippen LogP contribution in [-0.2, 0) is 9.53 Å². The molecule has 0 aromatic heterocycles. The van der Waals surface area contributed by atoms with Crippen LogP contribution in [0.1, 0.15) is 64.2 Å². The highest BCUT2D eigenvalue weighted by Gasteiger charge is 2.12. The summed E-state index contributed by atoms with van der Waals surface area (Å²) in [6.45, 7) is 0.768. The highest BCUT2D eigenvalue weighted by atomic mass is 16.5. The fourth-order valence-electron chi connectivity index (χ4n) is 2.54. The van der Waals surface area contributed by atoms with Gasteiger partial charge < -0.3 is 15.8 Å². The molecule has 20 heavy (non-hydrogen) atoms. The summed E-state index contributed by atoms with van der Waals surface area (Å²) in [7, 11) is 1.43. The maximum atomic E-state index is 10.9. The van der Waals surface area contributed by atoms with Gasteiger partial charge in [-0.1, -0.05) is 32.1 Å². The molecule has 0 aromatic carbocycles. The van der Waals surface area contributed by atoms with Gasteiger partial charge in [0.15, 0.2) is 5.96 Å². The first kappa shape index (κ1) is 16.8. The summed E-state index contributed by atoms with van der Waals surface area (Å²) >= 11 is 0. The van der Waals surface area contributed by atoms with E-state index in [2.05, 4.69) is 15.0 Å². The van der Waals surface area contributed by atoms with Crippen LogP contribution in [0.15, 0.2) is 4.99 Å². The number of esters is 1. The first-order valence-electron chi connectivity index (χ1n) is 7.85. The van der Waals surface area contributed by atoms with Crippen LogP contribution in [0.25, 0.3) is 0 Å². The van der Waals surface area contributed by atoms with Gasteiger partial charge in [0.05, 0.1) is 7.11 Å². The quantitative estimate of drug-likeness (QED) is 0.310. The maximum absolute atomic E-state index is 10.9. The number of methoxy groups -OCH3 is 1. The topological polar surface area (TPSA) is 76.7 Å². The first-order chi connectivity index (χ1) is 9.72. The number of carbonyl (C=O) groups excluding carboxylic acids is 1. The third-order valence-electron chi connectivity index (χ3n) is 3.76. The van der Waals surface area contributed by atoms with Crippen molar-refractivity contribution < 1.29 is 9.53 Å². The molecule has 0 aliphatic heterocycles. The van der Waals surface area contributed by atoms with Crippen molar-refractivity contribution in [3.05, 3.63) is 0 Å². The minimum absolute atomic E-state index is 0.121. The first-order valence-corrected chi connectivity index (χ1v) is 7.85. The van der Waals surface area contributed by atoms with Gasteiger partial charge in [-0.15, -0.1) is 0 Å². The van der Waals surface area contributed by atoms with Crippen LogP contribution in [0.2, 0.25) is 0 Å². The normalized spacial score (nSPS) is 16.9. The number of rotatable bonds is 8. The largest absolute Gasteiger partial charge is 0.469 e. The van der Waals surface area contributed by atoms with Crippen LogP contribution in [0.5, 0.6) is 0 Å². The Kier molecular flexibility index (Phi) is 8.83. The zero-order chi connectivity index (χ0) is 14.6. The Balaban J connectivity index is 1.98. The summed E-state index contributed by atoms with van der Waals surface area (Å²) < 4.78 is 4.60. The molecule has 0 radical (unpaired) electrons. The van der Waals surface area contributed by atoms with Crippen LogP contribution in [0.3, 0.4) is 0 Å². The maximum Gasteiger partial charge on any atom is 0.305 e. The van der Waals surface area contributed by atoms with E-state index in [1.54, 1.807) is 0 Å². The zero-order valence-corrected chi connectivity index (χ0v) is 12.7. The van der Waals surface area contributed by atoms with E-state index in [0.29, 0.717) is 18.4 Å². The van der Waals surface area contributed by atoms with Gasteiger partial charge in [-0.05, 0) is 25.7 Å². The Morgan fingerprint density at radius 3 is 2.60 bits per heavy atom. The van der Waals surface area contributed by atoms with Gasteiger partial charge in [-0.3, -0.25) is 9.79 Å². The molecule has 0 aromatic rings. The molecule has 5 heteroatoms. The molecule has 5 nitrogen and oxygen atoms in total. The zero-order valence-electron chi connectivity index (χ0n) is 12.7. The van der Waals surface area contributed by atoms with E-state index in [1.165, 1.54) is 39.2 Å². The lowest BCUT2D eigenvalue weighted by atomic mass is 9.96. The Hall–Kier alpha value is -1.26. The number of guanidine groups is 1. The summed E-state index contributed by atoms with van der Waals surface area (Å²) in [5.74, 6) is 0.468. The molecule has 0 unspecified atom stereocenters. The van der Waals surface area contributed by atoms with Gasteiger partial charge >= 0.3 is 5.97 Å². The summed E-state index contributed by atoms with van der Waals surface area (Å²) in [5.41, 5.74) is 5.88. The summed E-state index contributed by atoms with van der Waals surface area (Å²) in [5, 5.41) is 3.31. The van der Waals surface area contributed by atoms with Gasteiger partial charge in [0.2, 0.25) is 0 Å². The van der Waals surface area contributed by atoms with Crippen molar-refractivity contribution in [2.24, 2.45) is 10.7 Å². The molecule has 0 saturated heterocycles. The van der Waals surface area contributed by atoms with Gasteiger partial charge in [-0.25, -0.2) is 0 Å². The van der Waals surface area contributed by atoms with E-state index >= 15 is 0 Å². The number of carbonyl (C=O) groups is 1. The predicted octanol–water partition coefficient (Wildman–Crippen LogP) is 2.35. The summed E-state index contributed by atoms with van der Waals surface area (Å²) in [4.78, 5) is 15.3. The standard InChI is InChI=1S/C15H29N3O2/c1-20-14(19)11-7-2-3-8-12-17-15(16)18-13-9-5-4-6-10-13/h13H,2-12H2,1H3,(H3,16,17,18). The van der Waals surface area contributed by atoms with E-state index in [0.717, 1.165) is 32.2 Å². The minimum atomic E-state index is -0.121. The van der Waals surface area contributed by atoms with Gasteiger partial charge in [0.1, 0.15) is 0 Å². The molecule has 0 bridgehead atoms. The predicted molar refractivity (Wildman–Crippen MR) is 81.6 cm³/mol. The van der Waals surface area contributed by atoms with Gasteiger partial charge in [0, 0.05) is 19.0 Å². The lowest BCUT2D eigenvalue weighted by molar-refractivity contribution is -0.140. The average molecular weight is 283 g/mol. The number of nitrogens with two attached hydrogens (primary N) is 1. The molecule has 0 amide bonds. The summed E-state index contributed by atoms with van der Waals surface area (Å²) in [6.07, 6.45) is 10.9. The lowest BCUT2D eigenvalue weighted by Crippen LogP contribution is -2.41. The smallest absolute Gasteiger partial charge is 0.305 e.